The van der Waals surface area contributed by atoms with Gasteiger partial charge in [-0.25, -0.2) is 4.90 Å². The zero-order valence-corrected chi connectivity index (χ0v) is 17.8. The van der Waals surface area contributed by atoms with Crippen LogP contribution >= 0.6 is 0 Å². The fraction of sp³-hybridized carbons (Fsp3) is 0.172. The number of imide groups is 1. The first kappa shape index (κ1) is 19.0. The Balaban J connectivity index is 1.33. The minimum absolute atomic E-state index is 0.00949. The van der Waals surface area contributed by atoms with Crippen LogP contribution in [0.4, 0.5) is 5.69 Å². The van der Waals surface area contributed by atoms with Crippen LogP contribution in [0.25, 0.3) is 16.7 Å². The highest BCUT2D eigenvalue weighted by molar-refractivity contribution is 6.23. The standard InChI is InChI=1S/C29H23NO2/c1-18(19-8-4-2-5-9-19)25-23-16-17-24(25)27-26(23)28(31)30(29(27)32)22-14-12-21(13-15-22)20-10-6-3-7-11-20/h2-17,23-24,26-27H,1H3/t23-,24-,26+,27+/m1/s1. The number of benzene rings is 3. The van der Waals surface area contributed by atoms with E-state index in [0.29, 0.717) is 5.69 Å². The van der Waals surface area contributed by atoms with Gasteiger partial charge in [0.05, 0.1) is 17.5 Å². The molecular formula is C29H23NO2. The van der Waals surface area contributed by atoms with Crippen LogP contribution in [0, 0.1) is 23.7 Å². The molecular weight excluding hydrogens is 394 g/mol. The molecule has 0 aromatic heterocycles. The summed E-state index contributed by atoms with van der Waals surface area (Å²) < 4.78 is 0. The van der Waals surface area contributed by atoms with Gasteiger partial charge in [0.15, 0.2) is 0 Å². The lowest BCUT2D eigenvalue weighted by Gasteiger charge is -2.20. The maximum atomic E-state index is 13.5. The second-order valence-corrected chi connectivity index (χ2v) is 8.86. The normalized spacial score (nSPS) is 25.5. The summed E-state index contributed by atoms with van der Waals surface area (Å²) in [6.45, 7) is 2.12. The number of fused-ring (bicyclic) bond motifs is 5. The highest BCUT2D eigenvalue weighted by Crippen LogP contribution is 2.58. The Morgan fingerprint density at radius 2 is 1.16 bits per heavy atom. The van der Waals surface area contributed by atoms with Crippen LogP contribution < -0.4 is 4.90 Å². The van der Waals surface area contributed by atoms with Crippen molar-refractivity contribution in [3.63, 3.8) is 0 Å². The number of carbonyl (C=O) groups excluding carboxylic acids is 2. The van der Waals surface area contributed by atoms with Crippen LogP contribution in [0.5, 0.6) is 0 Å². The van der Waals surface area contributed by atoms with Crippen LogP contribution in [0.2, 0.25) is 0 Å². The number of nitrogens with zero attached hydrogens (tertiary/aromatic N) is 1. The molecule has 1 aliphatic heterocycles. The van der Waals surface area contributed by atoms with Crippen LogP contribution in [-0.2, 0) is 9.59 Å². The smallest absolute Gasteiger partial charge is 0.238 e. The number of amides is 2. The van der Waals surface area contributed by atoms with Gasteiger partial charge in [0.1, 0.15) is 0 Å². The molecule has 2 fully saturated rings. The highest BCUT2D eigenvalue weighted by atomic mass is 16.2. The lowest BCUT2D eigenvalue weighted by Crippen LogP contribution is -2.33. The Kier molecular flexibility index (Phi) is 4.25. The molecule has 3 nitrogen and oxygen atoms in total. The van der Waals surface area contributed by atoms with E-state index in [2.05, 4.69) is 43.3 Å². The predicted octanol–water partition coefficient (Wildman–Crippen LogP) is 5.75. The quantitative estimate of drug-likeness (QED) is 0.402. The predicted molar refractivity (Wildman–Crippen MR) is 127 cm³/mol. The van der Waals surface area contributed by atoms with Gasteiger partial charge in [-0.3, -0.25) is 9.59 Å². The highest BCUT2D eigenvalue weighted by Gasteiger charge is 2.62. The maximum absolute atomic E-state index is 13.5. The first-order valence-corrected chi connectivity index (χ1v) is 11.1. The van der Waals surface area contributed by atoms with E-state index in [4.69, 9.17) is 0 Å². The van der Waals surface area contributed by atoms with Crippen molar-refractivity contribution in [1.29, 1.82) is 0 Å². The van der Waals surface area contributed by atoms with Crippen molar-refractivity contribution in [1.82, 2.24) is 0 Å². The number of rotatable bonds is 3. The van der Waals surface area contributed by atoms with E-state index in [0.717, 1.165) is 16.7 Å². The Labute approximate surface area is 187 Å². The van der Waals surface area contributed by atoms with E-state index in [-0.39, 0.29) is 35.5 Å². The fourth-order valence-electron chi connectivity index (χ4n) is 5.81. The number of carbonyl (C=O) groups is 2. The van der Waals surface area contributed by atoms with Gasteiger partial charge >= 0.3 is 0 Å². The molecule has 3 aliphatic rings. The summed E-state index contributed by atoms with van der Waals surface area (Å²) in [5.74, 6) is -0.698. The zero-order chi connectivity index (χ0) is 21.8. The average molecular weight is 418 g/mol. The number of anilines is 1. The zero-order valence-electron chi connectivity index (χ0n) is 17.8. The van der Waals surface area contributed by atoms with Crippen LogP contribution in [-0.4, -0.2) is 11.8 Å². The van der Waals surface area contributed by atoms with E-state index in [1.807, 2.05) is 60.7 Å². The third-order valence-electron chi connectivity index (χ3n) is 7.29. The number of hydrogen-bond acceptors (Lipinski definition) is 2. The largest absolute Gasteiger partial charge is 0.274 e. The molecule has 0 spiro atoms. The molecule has 0 N–H and O–H groups in total. The minimum atomic E-state index is -0.292. The summed E-state index contributed by atoms with van der Waals surface area (Å²) in [5, 5.41) is 0. The van der Waals surface area contributed by atoms with Crippen molar-refractivity contribution in [2.45, 2.75) is 6.92 Å². The maximum Gasteiger partial charge on any atom is 0.238 e. The number of allylic oxidation sites excluding steroid dienone is 4. The van der Waals surface area contributed by atoms with Crippen molar-refractivity contribution < 1.29 is 9.59 Å². The SMILES string of the molecule is CC(=C1[C@H]2C=C[C@H]1[C@@H]1C(=O)N(c3ccc(-c4ccccc4)cc3)C(=O)[C@H]12)c1ccccc1. The molecule has 0 unspecified atom stereocenters. The molecule has 3 heteroatoms. The van der Waals surface area contributed by atoms with Crippen molar-refractivity contribution in [3.8, 4) is 11.1 Å². The van der Waals surface area contributed by atoms with Gasteiger partial charge in [-0.15, -0.1) is 0 Å². The van der Waals surface area contributed by atoms with Crippen molar-refractivity contribution in [2.75, 3.05) is 4.90 Å². The Morgan fingerprint density at radius 3 is 1.72 bits per heavy atom. The molecule has 3 aromatic rings. The van der Waals surface area contributed by atoms with Gasteiger partial charge in [-0.1, -0.05) is 90.5 Å². The molecule has 1 saturated heterocycles. The van der Waals surface area contributed by atoms with Gasteiger partial charge in [0.25, 0.3) is 0 Å². The molecule has 6 rings (SSSR count). The second kappa shape index (κ2) is 7.16. The lowest BCUT2D eigenvalue weighted by atomic mass is 9.85. The molecule has 4 atom stereocenters. The topological polar surface area (TPSA) is 37.4 Å². The Bertz CT molecular complexity index is 1240. The van der Waals surface area contributed by atoms with Gasteiger partial charge in [0.2, 0.25) is 11.8 Å². The molecule has 32 heavy (non-hydrogen) atoms. The fourth-order valence-corrected chi connectivity index (χ4v) is 5.81. The van der Waals surface area contributed by atoms with Crippen LogP contribution in [0.15, 0.2) is 103 Å². The molecule has 0 radical (unpaired) electrons. The van der Waals surface area contributed by atoms with Crippen molar-refractivity contribution in [2.24, 2.45) is 23.7 Å². The summed E-state index contributed by atoms with van der Waals surface area (Å²) in [7, 11) is 0. The van der Waals surface area contributed by atoms with Crippen molar-refractivity contribution >= 4 is 23.1 Å². The molecule has 1 heterocycles. The van der Waals surface area contributed by atoms with E-state index >= 15 is 0 Å². The van der Waals surface area contributed by atoms with E-state index in [1.165, 1.54) is 16.0 Å². The van der Waals surface area contributed by atoms with Gasteiger partial charge in [0, 0.05) is 11.8 Å². The molecule has 1 saturated carbocycles. The average Bonchev–Trinajstić information content (AvgIpc) is 3.49. The summed E-state index contributed by atoms with van der Waals surface area (Å²) in [6.07, 6.45) is 4.28. The first-order chi connectivity index (χ1) is 15.6. The van der Waals surface area contributed by atoms with Crippen molar-refractivity contribution in [3.05, 3.63) is 108 Å². The van der Waals surface area contributed by atoms with Crippen LogP contribution in [0.1, 0.15) is 12.5 Å². The molecule has 2 aliphatic carbocycles. The summed E-state index contributed by atoms with van der Waals surface area (Å²) in [5.41, 5.74) is 6.45. The summed E-state index contributed by atoms with van der Waals surface area (Å²) in [4.78, 5) is 28.4. The van der Waals surface area contributed by atoms with E-state index in [1.54, 1.807) is 0 Å². The molecule has 2 amide bonds. The molecule has 3 aromatic carbocycles. The molecule has 2 bridgehead atoms. The monoisotopic (exact) mass is 417 g/mol. The lowest BCUT2D eigenvalue weighted by molar-refractivity contribution is -0.122. The Morgan fingerprint density at radius 1 is 0.656 bits per heavy atom. The summed E-state index contributed by atoms with van der Waals surface area (Å²) in [6, 6.07) is 28.1. The first-order valence-electron chi connectivity index (χ1n) is 11.1. The third-order valence-corrected chi connectivity index (χ3v) is 7.29. The number of hydrogen-bond donors (Lipinski definition) is 0. The second-order valence-electron chi connectivity index (χ2n) is 8.86. The Hall–Kier alpha value is -3.72. The van der Waals surface area contributed by atoms with Gasteiger partial charge < -0.3 is 0 Å². The van der Waals surface area contributed by atoms with E-state index < -0.39 is 0 Å². The van der Waals surface area contributed by atoms with Crippen LogP contribution in [0.3, 0.4) is 0 Å². The van der Waals surface area contributed by atoms with E-state index in [9.17, 15) is 9.59 Å². The third kappa shape index (κ3) is 2.67. The van der Waals surface area contributed by atoms with Gasteiger partial charge in [-0.2, -0.15) is 0 Å². The van der Waals surface area contributed by atoms with Gasteiger partial charge in [-0.05, 0) is 41.3 Å². The summed E-state index contributed by atoms with van der Waals surface area (Å²) >= 11 is 0. The molecule has 156 valence electrons. The minimum Gasteiger partial charge on any atom is -0.274 e.